The second-order valence-corrected chi connectivity index (χ2v) is 10.5. The lowest BCUT2D eigenvalue weighted by Crippen LogP contribution is -2.37. The molecule has 6 N–H and O–H groups in total. The Morgan fingerprint density at radius 1 is 1.00 bits per heavy atom. The quantitative estimate of drug-likeness (QED) is 0.176. The summed E-state index contributed by atoms with van der Waals surface area (Å²) < 4.78 is 38.0. The molecular formula is C22H34N6O9S. The van der Waals surface area contributed by atoms with Crippen molar-refractivity contribution in [1.82, 2.24) is 24.2 Å². The minimum Gasteiger partial charge on any atom is -0.481 e. The van der Waals surface area contributed by atoms with Crippen molar-refractivity contribution in [1.29, 1.82) is 0 Å². The molecule has 15 nitrogen and oxygen atoms in total. The minimum atomic E-state index is -4.46. The number of amides is 1. The number of nitrogen functional groups attached to an aromatic ring is 1. The molecule has 4 atom stereocenters. The van der Waals surface area contributed by atoms with E-state index < -0.39 is 53.3 Å². The number of hydrogen-bond donors (Lipinski definition) is 5. The van der Waals surface area contributed by atoms with Crippen LogP contribution in [0.5, 0.6) is 0 Å². The number of nitrogens with zero attached hydrogens (tertiary/aromatic N) is 4. The van der Waals surface area contributed by atoms with Crippen molar-refractivity contribution in [2.24, 2.45) is 0 Å². The fourth-order valence-corrected chi connectivity index (χ4v) is 4.91. The minimum absolute atomic E-state index is 0.00321. The van der Waals surface area contributed by atoms with E-state index in [2.05, 4.69) is 15.0 Å². The molecule has 0 saturated carbocycles. The lowest BCUT2D eigenvalue weighted by atomic mass is 10.1. The Kier molecular flexibility index (Phi) is 10.7. The highest BCUT2D eigenvalue weighted by atomic mass is 32.2. The van der Waals surface area contributed by atoms with E-state index in [4.69, 9.17) is 19.8 Å². The van der Waals surface area contributed by atoms with E-state index in [0.717, 1.165) is 38.5 Å². The number of aliphatic hydroxyl groups is 2. The maximum Gasteiger partial charge on any atom is 0.362 e. The van der Waals surface area contributed by atoms with Gasteiger partial charge in [0, 0.05) is 12.8 Å². The van der Waals surface area contributed by atoms with E-state index in [1.807, 2.05) is 4.72 Å². The zero-order chi connectivity index (χ0) is 27.7. The van der Waals surface area contributed by atoms with Gasteiger partial charge in [0.25, 0.3) is 0 Å². The molecule has 0 bridgehead atoms. The average Bonchev–Trinajstić information content (AvgIpc) is 3.40. The Bertz CT molecular complexity index is 1190. The molecule has 0 spiro atoms. The SMILES string of the molecule is Nc1ncnc2c1ncn2[C@@H]1O[C@H](COS(=O)(=O)NC(=O)CCCCCCCCCCC(=O)O)[C@@H](O)[C@H]1O. The molecule has 1 amide bonds. The number of carbonyl (C=O) groups is 2. The molecule has 1 aliphatic heterocycles. The standard InChI is InChI=1S/C22H34N6O9S/c23-20-17-21(25-12-24-20)28(13-26-17)22-19(33)18(32)14(37-22)11-36-38(34,35)27-15(29)9-7-5-3-1-2-4-6-8-10-16(30)31/h12-14,18-19,22,32-33H,1-11H2,(H,27,29)(H,30,31)(H2,23,24,25)/t14-,18-,19-,22-/m1/s1. The van der Waals surface area contributed by atoms with Crippen molar-refractivity contribution in [3.63, 3.8) is 0 Å². The van der Waals surface area contributed by atoms with Gasteiger partial charge in [0.15, 0.2) is 17.7 Å². The van der Waals surface area contributed by atoms with Crippen LogP contribution in [-0.2, 0) is 28.8 Å². The van der Waals surface area contributed by atoms with E-state index in [0.29, 0.717) is 12.8 Å². The molecular weight excluding hydrogens is 524 g/mol. The highest BCUT2D eigenvalue weighted by Crippen LogP contribution is 2.32. The second-order valence-electron chi connectivity index (χ2n) is 9.12. The molecule has 3 heterocycles. The molecule has 1 fully saturated rings. The highest BCUT2D eigenvalue weighted by Gasteiger charge is 2.45. The summed E-state index contributed by atoms with van der Waals surface area (Å²) in [5.41, 5.74) is 6.29. The smallest absolute Gasteiger partial charge is 0.362 e. The molecule has 3 rings (SSSR count). The van der Waals surface area contributed by atoms with Gasteiger partial charge in [-0.3, -0.25) is 18.3 Å². The molecule has 1 saturated heterocycles. The van der Waals surface area contributed by atoms with E-state index in [1.54, 1.807) is 0 Å². The largest absolute Gasteiger partial charge is 0.481 e. The summed E-state index contributed by atoms with van der Waals surface area (Å²) in [6.07, 6.45) is 4.01. The highest BCUT2D eigenvalue weighted by molar-refractivity contribution is 7.85. The van der Waals surface area contributed by atoms with Gasteiger partial charge in [-0.2, -0.15) is 8.42 Å². The van der Waals surface area contributed by atoms with Crippen LogP contribution in [-0.4, -0.2) is 80.1 Å². The van der Waals surface area contributed by atoms with Crippen LogP contribution in [0.1, 0.15) is 70.4 Å². The summed E-state index contributed by atoms with van der Waals surface area (Å²) in [4.78, 5) is 34.4. The van der Waals surface area contributed by atoms with Crippen molar-refractivity contribution in [2.75, 3.05) is 12.3 Å². The number of carboxylic acid groups (broad SMARTS) is 1. The lowest BCUT2D eigenvalue weighted by Gasteiger charge is -2.16. The van der Waals surface area contributed by atoms with Crippen molar-refractivity contribution in [2.45, 2.75) is 88.7 Å². The number of nitrogens with one attached hydrogen (secondary N) is 1. The Morgan fingerprint density at radius 2 is 1.63 bits per heavy atom. The monoisotopic (exact) mass is 558 g/mol. The fourth-order valence-electron chi connectivity index (χ4n) is 4.15. The molecule has 1 aliphatic rings. The number of fused-ring (bicyclic) bond motifs is 1. The molecule has 16 heteroatoms. The maximum atomic E-state index is 12.2. The Labute approximate surface area is 219 Å². The van der Waals surface area contributed by atoms with Crippen LogP contribution in [0.2, 0.25) is 0 Å². The number of unbranched alkanes of at least 4 members (excludes halogenated alkanes) is 7. The van der Waals surface area contributed by atoms with Gasteiger partial charge in [0.2, 0.25) is 5.91 Å². The number of nitrogens with two attached hydrogens (primary N) is 1. The number of hydrogen-bond acceptors (Lipinski definition) is 12. The first-order chi connectivity index (χ1) is 18.1. The molecule has 2 aromatic heterocycles. The van der Waals surface area contributed by atoms with Crippen molar-refractivity contribution in [3.8, 4) is 0 Å². The van der Waals surface area contributed by atoms with Crippen molar-refractivity contribution >= 4 is 39.2 Å². The number of ether oxygens (including phenoxy) is 1. The third-order valence-electron chi connectivity index (χ3n) is 6.17. The van der Waals surface area contributed by atoms with Gasteiger partial charge in [-0.25, -0.2) is 19.7 Å². The van der Waals surface area contributed by atoms with Crippen LogP contribution < -0.4 is 10.5 Å². The predicted octanol–water partition coefficient (Wildman–Crippen LogP) is 0.391. The summed E-state index contributed by atoms with van der Waals surface area (Å²) in [5, 5.41) is 29.4. The van der Waals surface area contributed by atoms with Crippen LogP contribution in [0.4, 0.5) is 5.82 Å². The molecule has 38 heavy (non-hydrogen) atoms. The Balaban J connectivity index is 1.36. The number of aromatic nitrogens is 4. The van der Waals surface area contributed by atoms with E-state index in [9.17, 15) is 28.2 Å². The molecule has 0 aromatic carbocycles. The Hall–Kier alpha value is -2.92. The number of imidazole rings is 1. The molecule has 212 valence electrons. The lowest BCUT2D eigenvalue weighted by molar-refractivity contribution is -0.137. The van der Waals surface area contributed by atoms with Crippen LogP contribution in [0.25, 0.3) is 11.2 Å². The van der Waals surface area contributed by atoms with E-state index in [1.165, 1.54) is 17.2 Å². The van der Waals surface area contributed by atoms with Crippen LogP contribution in [0.15, 0.2) is 12.7 Å². The number of aliphatic carboxylic acids is 1. The zero-order valence-electron chi connectivity index (χ0n) is 20.8. The normalized spacial score (nSPS) is 21.6. The number of rotatable bonds is 16. The molecule has 0 radical (unpaired) electrons. The maximum absolute atomic E-state index is 12.2. The summed E-state index contributed by atoms with van der Waals surface area (Å²) in [6.45, 7) is -0.645. The average molecular weight is 559 g/mol. The topological polar surface area (TPSA) is 229 Å². The van der Waals surface area contributed by atoms with E-state index >= 15 is 0 Å². The van der Waals surface area contributed by atoms with Gasteiger partial charge < -0.3 is 25.8 Å². The second kappa shape index (κ2) is 13.7. The predicted molar refractivity (Wildman–Crippen MR) is 132 cm³/mol. The first kappa shape index (κ1) is 29.6. The number of carbonyl (C=O) groups excluding carboxylic acids is 1. The fraction of sp³-hybridized carbons (Fsp3) is 0.682. The zero-order valence-corrected chi connectivity index (χ0v) is 21.6. The van der Waals surface area contributed by atoms with Crippen LogP contribution >= 0.6 is 0 Å². The van der Waals surface area contributed by atoms with E-state index in [-0.39, 0.29) is 29.8 Å². The third kappa shape index (κ3) is 8.29. The molecule has 0 unspecified atom stereocenters. The van der Waals surface area contributed by atoms with Gasteiger partial charge in [-0.05, 0) is 12.8 Å². The third-order valence-corrected chi connectivity index (χ3v) is 7.09. The molecule has 2 aromatic rings. The number of anilines is 1. The summed E-state index contributed by atoms with van der Waals surface area (Å²) in [6, 6.07) is 0. The van der Waals surface area contributed by atoms with Crippen LogP contribution in [0, 0.1) is 0 Å². The first-order valence-corrected chi connectivity index (χ1v) is 13.9. The Morgan fingerprint density at radius 3 is 2.29 bits per heavy atom. The first-order valence-electron chi connectivity index (χ1n) is 12.5. The van der Waals surface area contributed by atoms with Crippen molar-refractivity contribution < 1.29 is 42.2 Å². The van der Waals surface area contributed by atoms with Gasteiger partial charge in [-0.15, -0.1) is 0 Å². The van der Waals surface area contributed by atoms with Crippen molar-refractivity contribution in [3.05, 3.63) is 12.7 Å². The van der Waals surface area contributed by atoms with Gasteiger partial charge >= 0.3 is 16.3 Å². The van der Waals surface area contributed by atoms with Gasteiger partial charge in [0.1, 0.15) is 30.2 Å². The summed E-state index contributed by atoms with van der Waals surface area (Å²) in [7, 11) is -4.46. The van der Waals surface area contributed by atoms with Gasteiger partial charge in [0.05, 0.1) is 12.9 Å². The molecule has 0 aliphatic carbocycles. The summed E-state index contributed by atoms with van der Waals surface area (Å²) >= 11 is 0. The van der Waals surface area contributed by atoms with Gasteiger partial charge in [-0.1, -0.05) is 38.5 Å². The summed E-state index contributed by atoms with van der Waals surface area (Å²) in [5.74, 6) is -1.38. The van der Waals surface area contributed by atoms with Crippen LogP contribution in [0.3, 0.4) is 0 Å². The number of aliphatic hydroxyl groups excluding tert-OH is 2. The number of carboxylic acids is 1.